The normalized spacial score (nSPS) is 12.7. The lowest BCUT2D eigenvalue weighted by molar-refractivity contribution is 0.199. The van der Waals surface area contributed by atoms with Crippen LogP contribution in [-0.4, -0.2) is 19.9 Å². The summed E-state index contributed by atoms with van der Waals surface area (Å²) in [5.41, 5.74) is 1.77. The highest BCUT2D eigenvalue weighted by Crippen LogP contribution is 2.24. The van der Waals surface area contributed by atoms with Gasteiger partial charge in [-0.05, 0) is 40.5 Å². The molecule has 0 aliphatic carbocycles. The minimum atomic E-state index is -0.467. The predicted octanol–water partition coefficient (Wildman–Crippen LogP) is 2.08. The van der Waals surface area contributed by atoms with Crippen LogP contribution in [0.25, 0.3) is 5.69 Å². The molecule has 0 unspecified atom stereocenters. The fourth-order valence-corrected chi connectivity index (χ4v) is 1.88. The summed E-state index contributed by atoms with van der Waals surface area (Å²) in [6, 6.07) is 5.63. The van der Waals surface area contributed by atoms with Crippen molar-refractivity contribution in [2.75, 3.05) is 0 Å². The Balaban J connectivity index is 2.44. The fourth-order valence-electron chi connectivity index (χ4n) is 1.30. The Bertz CT molecular complexity index is 454. The molecule has 2 aromatic rings. The minimum absolute atomic E-state index is 0.467. The molecule has 1 N–H and O–H groups in total. The summed E-state index contributed by atoms with van der Waals surface area (Å²) in [5.74, 6) is 0. The van der Waals surface area contributed by atoms with Crippen molar-refractivity contribution in [3.8, 4) is 5.69 Å². The lowest BCUT2D eigenvalue weighted by Crippen LogP contribution is -1.98. The van der Waals surface area contributed by atoms with Crippen LogP contribution in [0.1, 0.15) is 18.6 Å². The van der Waals surface area contributed by atoms with Gasteiger partial charge in [-0.1, -0.05) is 6.07 Å². The zero-order valence-corrected chi connectivity index (χ0v) is 9.72. The van der Waals surface area contributed by atoms with Gasteiger partial charge in [0.1, 0.15) is 12.7 Å². The van der Waals surface area contributed by atoms with Gasteiger partial charge in [-0.25, -0.2) is 9.67 Å². The fraction of sp³-hybridized carbons (Fsp3) is 0.200. The molecule has 5 heteroatoms. The van der Waals surface area contributed by atoms with Crippen LogP contribution in [0.15, 0.2) is 35.3 Å². The third kappa shape index (κ3) is 2.08. The molecule has 0 fully saturated rings. The number of aromatic nitrogens is 3. The largest absolute Gasteiger partial charge is 0.389 e. The first-order chi connectivity index (χ1) is 7.18. The molecule has 0 spiro atoms. The van der Waals surface area contributed by atoms with Gasteiger partial charge in [0, 0.05) is 4.47 Å². The van der Waals surface area contributed by atoms with Crippen LogP contribution in [0.5, 0.6) is 0 Å². The Morgan fingerprint density at radius 1 is 1.47 bits per heavy atom. The molecule has 0 saturated heterocycles. The van der Waals surface area contributed by atoms with Gasteiger partial charge in [0.15, 0.2) is 0 Å². The van der Waals surface area contributed by atoms with Gasteiger partial charge < -0.3 is 5.11 Å². The molecule has 78 valence electrons. The molecule has 1 aromatic carbocycles. The van der Waals surface area contributed by atoms with Crippen LogP contribution >= 0.6 is 15.9 Å². The van der Waals surface area contributed by atoms with E-state index in [9.17, 15) is 5.11 Å². The predicted molar refractivity (Wildman–Crippen MR) is 59.7 cm³/mol. The molecule has 1 heterocycles. The molecular formula is C10H10BrN3O. The lowest BCUT2D eigenvalue weighted by atomic mass is 10.1. The van der Waals surface area contributed by atoms with E-state index in [1.165, 1.54) is 6.33 Å². The molecule has 0 aliphatic rings. The van der Waals surface area contributed by atoms with Gasteiger partial charge in [-0.2, -0.15) is 5.10 Å². The van der Waals surface area contributed by atoms with E-state index in [2.05, 4.69) is 26.0 Å². The first-order valence-corrected chi connectivity index (χ1v) is 5.30. The lowest BCUT2D eigenvalue weighted by Gasteiger charge is -2.08. The summed E-state index contributed by atoms with van der Waals surface area (Å²) in [7, 11) is 0. The smallest absolute Gasteiger partial charge is 0.138 e. The van der Waals surface area contributed by atoms with Gasteiger partial charge in [0.25, 0.3) is 0 Å². The molecule has 0 radical (unpaired) electrons. The molecule has 1 aromatic heterocycles. The van der Waals surface area contributed by atoms with Gasteiger partial charge in [0.2, 0.25) is 0 Å². The third-order valence-electron chi connectivity index (χ3n) is 2.12. The molecule has 15 heavy (non-hydrogen) atoms. The molecule has 2 rings (SSSR count). The van der Waals surface area contributed by atoms with Crippen molar-refractivity contribution < 1.29 is 5.11 Å². The van der Waals surface area contributed by atoms with Crippen LogP contribution in [0.4, 0.5) is 0 Å². The van der Waals surface area contributed by atoms with Crippen molar-refractivity contribution in [1.29, 1.82) is 0 Å². The second kappa shape index (κ2) is 4.12. The number of hydrogen-bond donors (Lipinski definition) is 1. The average Bonchev–Trinajstić information content (AvgIpc) is 2.70. The Morgan fingerprint density at radius 2 is 2.27 bits per heavy atom. The summed E-state index contributed by atoms with van der Waals surface area (Å²) in [6.07, 6.45) is 2.64. The molecule has 0 bridgehead atoms. The van der Waals surface area contributed by atoms with Gasteiger partial charge in [-0.3, -0.25) is 0 Å². The van der Waals surface area contributed by atoms with Crippen molar-refractivity contribution >= 4 is 15.9 Å². The van der Waals surface area contributed by atoms with E-state index in [1.54, 1.807) is 17.9 Å². The van der Waals surface area contributed by atoms with E-state index in [0.29, 0.717) is 0 Å². The molecule has 0 amide bonds. The first kappa shape index (κ1) is 10.3. The second-order valence-electron chi connectivity index (χ2n) is 3.23. The van der Waals surface area contributed by atoms with Gasteiger partial charge >= 0.3 is 0 Å². The summed E-state index contributed by atoms with van der Waals surface area (Å²) >= 11 is 3.44. The molecule has 1 atom stereocenters. The Hall–Kier alpha value is -1.20. The van der Waals surface area contributed by atoms with Crippen molar-refractivity contribution in [3.63, 3.8) is 0 Å². The SMILES string of the molecule is C[C@H](O)c1ccc(-n2cncn2)c(Br)c1. The third-order valence-corrected chi connectivity index (χ3v) is 2.75. The molecule has 4 nitrogen and oxygen atoms in total. The zero-order valence-electron chi connectivity index (χ0n) is 8.13. The Kier molecular flexibility index (Phi) is 2.83. The van der Waals surface area contributed by atoms with Crippen LogP contribution in [-0.2, 0) is 0 Å². The highest BCUT2D eigenvalue weighted by atomic mass is 79.9. The number of nitrogens with zero attached hydrogens (tertiary/aromatic N) is 3. The molecular weight excluding hydrogens is 258 g/mol. The topological polar surface area (TPSA) is 50.9 Å². The second-order valence-corrected chi connectivity index (χ2v) is 4.08. The summed E-state index contributed by atoms with van der Waals surface area (Å²) in [5, 5.41) is 13.4. The minimum Gasteiger partial charge on any atom is -0.389 e. The zero-order chi connectivity index (χ0) is 10.8. The van der Waals surface area contributed by atoms with Crippen LogP contribution < -0.4 is 0 Å². The number of benzene rings is 1. The van der Waals surface area contributed by atoms with Crippen LogP contribution in [0, 0.1) is 0 Å². The van der Waals surface area contributed by atoms with E-state index < -0.39 is 6.10 Å². The highest BCUT2D eigenvalue weighted by Gasteiger charge is 2.06. The maximum Gasteiger partial charge on any atom is 0.138 e. The first-order valence-electron chi connectivity index (χ1n) is 4.51. The number of rotatable bonds is 2. The van der Waals surface area contributed by atoms with Crippen molar-refractivity contribution in [2.24, 2.45) is 0 Å². The van der Waals surface area contributed by atoms with Crippen molar-refractivity contribution in [1.82, 2.24) is 14.8 Å². The van der Waals surface area contributed by atoms with E-state index in [-0.39, 0.29) is 0 Å². The monoisotopic (exact) mass is 267 g/mol. The van der Waals surface area contributed by atoms with E-state index >= 15 is 0 Å². The summed E-state index contributed by atoms with van der Waals surface area (Å²) in [6.45, 7) is 1.73. The summed E-state index contributed by atoms with van der Waals surface area (Å²) in [4.78, 5) is 3.88. The quantitative estimate of drug-likeness (QED) is 0.907. The molecule has 0 saturated carbocycles. The van der Waals surface area contributed by atoms with E-state index in [1.807, 2.05) is 18.2 Å². The van der Waals surface area contributed by atoms with Crippen LogP contribution in [0.2, 0.25) is 0 Å². The average molecular weight is 268 g/mol. The molecule has 0 aliphatic heterocycles. The number of aliphatic hydroxyl groups excluding tert-OH is 1. The highest BCUT2D eigenvalue weighted by molar-refractivity contribution is 9.10. The van der Waals surface area contributed by atoms with Gasteiger partial charge in [-0.15, -0.1) is 0 Å². The Morgan fingerprint density at radius 3 is 2.80 bits per heavy atom. The Labute approximate surface area is 95.7 Å². The maximum absolute atomic E-state index is 9.41. The number of hydrogen-bond acceptors (Lipinski definition) is 3. The number of halogens is 1. The van der Waals surface area contributed by atoms with Crippen molar-refractivity contribution in [3.05, 3.63) is 40.9 Å². The van der Waals surface area contributed by atoms with E-state index in [0.717, 1.165) is 15.7 Å². The standard InChI is InChI=1S/C10H10BrN3O/c1-7(15)8-2-3-10(9(11)4-8)14-6-12-5-13-14/h2-7,15H,1H3/t7-/m0/s1. The summed E-state index contributed by atoms with van der Waals surface area (Å²) < 4.78 is 2.54. The maximum atomic E-state index is 9.41. The van der Waals surface area contributed by atoms with E-state index in [4.69, 9.17) is 0 Å². The number of aliphatic hydroxyl groups is 1. The van der Waals surface area contributed by atoms with Gasteiger partial charge in [0.05, 0.1) is 11.8 Å². The van der Waals surface area contributed by atoms with Crippen LogP contribution in [0.3, 0.4) is 0 Å². The van der Waals surface area contributed by atoms with Crippen molar-refractivity contribution in [2.45, 2.75) is 13.0 Å².